The van der Waals surface area contributed by atoms with Gasteiger partial charge < -0.3 is 5.73 Å². The van der Waals surface area contributed by atoms with E-state index in [-0.39, 0.29) is 5.41 Å². The van der Waals surface area contributed by atoms with Crippen LogP contribution in [-0.4, -0.2) is 9.97 Å². The SMILES string of the molecule is CCCc1cc(N)nc(C(C)(C)c2ccccc2)n1. The molecule has 0 aliphatic rings. The number of rotatable bonds is 4. The highest BCUT2D eigenvalue weighted by Crippen LogP contribution is 2.29. The summed E-state index contributed by atoms with van der Waals surface area (Å²) in [6.07, 6.45) is 1.99. The van der Waals surface area contributed by atoms with Crippen molar-refractivity contribution in [2.75, 3.05) is 5.73 Å². The van der Waals surface area contributed by atoms with Gasteiger partial charge in [-0.15, -0.1) is 0 Å². The fourth-order valence-electron chi connectivity index (χ4n) is 2.17. The molecule has 2 rings (SSSR count). The zero-order valence-corrected chi connectivity index (χ0v) is 11.9. The van der Waals surface area contributed by atoms with E-state index in [4.69, 9.17) is 5.73 Å². The minimum absolute atomic E-state index is 0.237. The van der Waals surface area contributed by atoms with Crippen molar-refractivity contribution in [2.45, 2.75) is 39.0 Å². The molecule has 1 aromatic carbocycles. The van der Waals surface area contributed by atoms with E-state index in [1.807, 2.05) is 24.3 Å². The standard InChI is InChI=1S/C16H21N3/c1-4-8-13-11-14(17)19-15(18-13)16(2,3)12-9-6-5-7-10-12/h5-7,9-11H,4,8H2,1-3H3,(H2,17,18,19). The predicted molar refractivity (Wildman–Crippen MR) is 79.0 cm³/mol. The second-order valence-electron chi connectivity index (χ2n) is 5.35. The van der Waals surface area contributed by atoms with Crippen LogP contribution in [0, 0.1) is 0 Å². The van der Waals surface area contributed by atoms with Gasteiger partial charge >= 0.3 is 0 Å². The lowest BCUT2D eigenvalue weighted by atomic mass is 9.83. The average Bonchev–Trinajstić information content (AvgIpc) is 2.39. The van der Waals surface area contributed by atoms with Crippen LogP contribution in [0.4, 0.5) is 5.82 Å². The van der Waals surface area contributed by atoms with E-state index in [2.05, 4.69) is 42.9 Å². The summed E-state index contributed by atoms with van der Waals surface area (Å²) < 4.78 is 0. The Morgan fingerprint density at radius 1 is 1.11 bits per heavy atom. The Hall–Kier alpha value is -1.90. The molecule has 0 atom stereocenters. The number of nitrogen functional groups attached to an aromatic ring is 1. The minimum atomic E-state index is -0.237. The third kappa shape index (κ3) is 2.92. The van der Waals surface area contributed by atoms with Crippen molar-refractivity contribution in [3.8, 4) is 0 Å². The van der Waals surface area contributed by atoms with Gasteiger partial charge in [-0.25, -0.2) is 9.97 Å². The largest absolute Gasteiger partial charge is 0.384 e. The smallest absolute Gasteiger partial charge is 0.140 e. The van der Waals surface area contributed by atoms with Crippen molar-refractivity contribution in [1.29, 1.82) is 0 Å². The van der Waals surface area contributed by atoms with E-state index in [1.54, 1.807) is 0 Å². The first-order valence-electron chi connectivity index (χ1n) is 6.73. The zero-order valence-electron chi connectivity index (χ0n) is 11.9. The van der Waals surface area contributed by atoms with E-state index in [0.717, 1.165) is 24.4 Å². The molecule has 100 valence electrons. The molecule has 0 amide bonds. The molecule has 0 radical (unpaired) electrons. The lowest BCUT2D eigenvalue weighted by Gasteiger charge is -2.24. The summed E-state index contributed by atoms with van der Waals surface area (Å²) in [4.78, 5) is 9.11. The predicted octanol–water partition coefficient (Wildman–Crippen LogP) is 3.34. The van der Waals surface area contributed by atoms with Crippen molar-refractivity contribution < 1.29 is 0 Å². The van der Waals surface area contributed by atoms with Gasteiger partial charge in [-0.3, -0.25) is 0 Å². The van der Waals surface area contributed by atoms with Crippen LogP contribution in [0.5, 0.6) is 0 Å². The molecule has 0 aliphatic carbocycles. The van der Waals surface area contributed by atoms with Gasteiger partial charge in [0.25, 0.3) is 0 Å². The Kier molecular flexibility index (Phi) is 3.84. The van der Waals surface area contributed by atoms with Gasteiger partial charge in [0.2, 0.25) is 0 Å². The second-order valence-corrected chi connectivity index (χ2v) is 5.35. The normalized spacial score (nSPS) is 11.5. The maximum atomic E-state index is 5.91. The van der Waals surface area contributed by atoms with E-state index >= 15 is 0 Å². The van der Waals surface area contributed by atoms with Crippen LogP contribution in [0.25, 0.3) is 0 Å². The molecular formula is C16H21N3. The highest BCUT2D eigenvalue weighted by Gasteiger charge is 2.26. The summed E-state index contributed by atoms with van der Waals surface area (Å²) in [5.41, 5.74) is 7.90. The lowest BCUT2D eigenvalue weighted by molar-refractivity contribution is 0.585. The maximum Gasteiger partial charge on any atom is 0.140 e. The molecule has 0 saturated heterocycles. The Bertz CT molecular complexity index is 547. The first kappa shape index (κ1) is 13.5. The zero-order chi connectivity index (χ0) is 13.9. The summed E-state index contributed by atoms with van der Waals surface area (Å²) in [5, 5.41) is 0. The van der Waals surface area contributed by atoms with Crippen molar-refractivity contribution in [2.24, 2.45) is 0 Å². The summed E-state index contributed by atoms with van der Waals surface area (Å²) in [7, 11) is 0. The van der Waals surface area contributed by atoms with Gasteiger partial charge in [0.1, 0.15) is 11.6 Å². The average molecular weight is 255 g/mol. The van der Waals surface area contributed by atoms with Crippen LogP contribution >= 0.6 is 0 Å². The molecule has 0 unspecified atom stereocenters. The lowest BCUT2D eigenvalue weighted by Crippen LogP contribution is -2.23. The van der Waals surface area contributed by atoms with Gasteiger partial charge in [0.15, 0.2) is 0 Å². The highest BCUT2D eigenvalue weighted by molar-refractivity contribution is 5.36. The Morgan fingerprint density at radius 2 is 1.79 bits per heavy atom. The number of aromatic nitrogens is 2. The first-order chi connectivity index (χ1) is 9.04. The second kappa shape index (κ2) is 5.39. The van der Waals surface area contributed by atoms with E-state index in [9.17, 15) is 0 Å². The molecule has 3 heteroatoms. The van der Waals surface area contributed by atoms with Crippen LogP contribution in [-0.2, 0) is 11.8 Å². The van der Waals surface area contributed by atoms with Gasteiger partial charge in [0.05, 0.1) is 0 Å². The highest BCUT2D eigenvalue weighted by atomic mass is 15.0. The van der Waals surface area contributed by atoms with Crippen molar-refractivity contribution in [3.63, 3.8) is 0 Å². The Morgan fingerprint density at radius 3 is 2.42 bits per heavy atom. The number of anilines is 1. The van der Waals surface area contributed by atoms with Crippen LogP contribution < -0.4 is 5.73 Å². The molecule has 2 aromatic rings. The molecule has 2 N–H and O–H groups in total. The van der Waals surface area contributed by atoms with Crippen LogP contribution in [0.15, 0.2) is 36.4 Å². The molecular weight excluding hydrogens is 234 g/mol. The maximum absolute atomic E-state index is 5.91. The Labute approximate surface area is 114 Å². The van der Waals surface area contributed by atoms with Crippen LogP contribution in [0.3, 0.4) is 0 Å². The van der Waals surface area contributed by atoms with Crippen molar-refractivity contribution in [1.82, 2.24) is 9.97 Å². The van der Waals surface area contributed by atoms with Crippen molar-refractivity contribution >= 4 is 5.82 Å². The molecule has 0 aliphatic heterocycles. The summed E-state index contributed by atoms with van der Waals surface area (Å²) in [5.74, 6) is 1.35. The fraction of sp³-hybridized carbons (Fsp3) is 0.375. The topological polar surface area (TPSA) is 51.8 Å². The molecule has 19 heavy (non-hydrogen) atoms. The molecule has 0 bridgehead atoms. The van der Waals surface area contributed by atoms with E-state index < -0.39 is 0 Å². The summed E-state index contributed by atoms with van der Waals surface area (Å²) >= 11 is 0. The van der Waals surface area contributed by atoms with Gasteiger partial charge in [-0.2, -0.15) is 0 Å². The number of hydrogen-bond donors (Lipinski definition) is 1. The third-order valence-electron chi connectivity index (χ3n) is 3.36. The summed E-state index contributed by atoms with van der Waals surface area (Å²) in [6, 6.07) is 12.2. The number of nitrogens with two attached hydrogens (primary N) is 1. The molecule has 1 heterocycles. The minimum Gasteiger partial charge on any atom is -0.384 e. The van der Waals surface area contributed by atoms with Gasteiger partial charge in [-0.1, -0.05) is 43.7 Å². The molecule has 3 nitrogen and oxygen atoms in total. The number of nitrogens with zero attached hydrogens (tertiary/aromatic N) is 2. The quantitative estimate of drug-likeness (QED) is 0.911. The molecule has 0 spiro atoms. The number of aryl methyl sites for hydroxylation is 1. The third-order valence-corrected chi connectivity index (χ3v) is 3.36. The van der Waals surface area contributed by atoms with Gasteiger partial charge in [0, 0.05) is 17.2 Å². The summed E-state index contributed by atoms with van der Waals surface area (Å²) in [6.45, 7) is 6.40. The fourth-order valence-corrected chi connectivity index (χ4v) is 2.17. The van der Waals surface area contributed by atoms with Crippen molar-refractivity contribution in [3.05, 3.63) is 53.5 Å². The van der Waals surface area contributed by atoms with E-state index in [0.29, 0.717) is 5.82 Å². The van der Waals surface area contributed by atoms with Crippen LogP contribution in [0.2, 0.25) is 0 Å². The molecule has 0 saturated carbocycles. The Balaban J connectivity index is 2.45. The first-order valence-corrected chi connectivity index (χ1v) is 6.73. The molecule has 1 aromatic heterocycles. The van der Waals surface area contributed by atoms with E-state index in [1.165, 1.54) is 5.56 Å². The van der Waals surface area contributed by atoms with Crippen LogP contribution in [0.1, 0.15) is 44.3 Å². The number of hydrogen-bond acceptors (Lipinski definition) is 3. The van der Waals surface area contributed by atoms with Gasteiger partial charge in [-0.05, 0) is 25.8 Å². The number of benzene rings is 1. The monoisotopic (exact) mass is 255 g/mol. The molecule has 0 fully saturated rings.